The summed E-state index contributed by atoms with van der Waals surface area (Å²) in [5.41, 5.74) is 4.35. The summed E-state index contributed by atoms with van der Waals surface area (Å²) in [5, 5.41) is 0. The lowest BCUT2D eigenvalue weighted by Gasteiger charge is -2.35. The lowest BCUT2D eigenvalue weighted by Crippen LogP contribution is -2.51. The van der Waals surface area contributed by atoms with E-state index in [9.17, 15) is 0 Å². The molecule has 1 aromatic rings. The van der Waals surface area contributed by atoms with E-state index in [1.54, 1.807) is 0 Å². The van der Waals surface area contributed by atoms with Crippen LogP contribution in [-0.4, -0.2) is 12.1 Å². The first-order chi connectivity index (χ1) is 9.28. The lowest BCUT2D eigenvalue weighted by atomic mass is 9.77. The summed E-state index contributed by atoms with van der Waals surface area (Å²) in [4.78, 5) is 0. The molecule has 0 bridgehead atoms. The number of nitrogens with one attached hydrogen (secondary N) is 1. The van der Waals surface area contributed by atoms with Crippen molar-refractivity contribution in [3.63, 3.8) is 0 Å². The number of fused-ring (bicyclic) bond motifs is 1. The van der Waals surface area contributed by atoms with E-state index in [0.29, 0.717) is 5.92 Å². The molecule has 3 N–H and O–H groups in total. The third kappa shape index (κ3) is 2.63. The van der Waals surface area contributed by atoms with E-state index < -0.39 is 0 Å². The lowest BCUT2D eigenvalue weighted by molar-refractivity contribution is 0.113. The van der Waals surface area contributed by atoms with Gasteiger partial charge < -0.3 is 4.74 Å². The predicted molar refractivity (Wildman–Crippen MR) is 76.8 cm³/mol. The zero-order chi connectivity index (χ0) is 13.2. The molecular weight excluding hydrogens is 236 g/mol. The average Bonchev–Trinajstić information content (AvgIpc) is 2.85. The second-order valence-corrected chi connectivity index (χ2v) is 6.18. The third-order valence-corrected chi connectivity index (χ3v) is 4.83. The summed E-state index contributed by atoms with van der Waals surface area (Å²) in [6.45, 7) is 2.35. The van der Waals surface area contributed by atoms with Crippen molar-refractivity contribution in [2.24, 2.45) is 17.7 Å². The molecule has 1 fully saturated rings. The standard InChI is InChI=1S/C16H24N2O/c1-11-6-8-12(9-7-11)16(18-17)15-10-13-4-2-3-5-14(13)19-15/h2-5,11-12,15-16,18H,6-10,17H2,1H3. The highest BCUT2D eigenvalue weighted by molar-refractivity contribution is 5.37. The van der Waals surface area contributed by atoms with Gasteiger partial charge in [0.05, 0.1) is 6.04 Å². The van der Waals surface area contributed by atoms with Crippen LogP contribution in [0, 0.1) is 11.8 Å². The maximum absolute atomic E-state index is 6.10. The molecule has 104 valence electrons. The molecule has 3 heteroatoms. The van der Waals surface area contributed by atoms with E-state index in [-0.39, 0.29) is 12.1 Å². The van der Waals surface area contributed by atoms with Crippen molar-refractivity contribution in [3.05, 3.63) is 29.8 Å². The van der Waals surface area contributed by atoms with Crippen LogP contribution in [0.5, 0.6) is 5.75 Å². The monoisotopic (exact) mass is 260 g/mol. The topological polar surface area (TPSA) is 47.3 Å². The molecule has 19 heavy (non-hydrogen) atoms. The second kappa shape index (κ2) is 5.51. The zero-order valence-corrected chi connectivity index (χ0v) is 11.6. The van der Waals surface area contributed by atoms with Crippen LogP contribution in [0.15, 0.2) is 24.3 Å². The molecule has 0 radical (unpaired) electrons. The van der Waals surface area contributed by atoms with E-state index in [1.165, 1.54) is 31.2 Å². The number of ether oxygens (including phenoxy) is 1. The summed E-state index contributed by atoms with van der Waals surface area (Å²) in [6, 6.07) is 8.61. The highest BCUT2D eigenvalue weighted by Crippen LogP contribution is 2.36. The van der Waals surface area contributed by atoms with Gasteiger partial charge in [0.15, 0.2) is 0 Å². The van der Waals surface area contributed by atoms with Gasteiger partial charge in [-0.05, 0) is 36.3 Å². The van der Waals surface area contributed by atoms with Gasteiger partial charge >= 0.3 is 0 Å². The van der Waals surface area contributed by atoms with Crippen molar-refractivity contribution < 1.29 is 4.74 Å². The third-order valence-electron chi connectivity index (χ3n) is 4.83. The molecule has 1 heterocycles. The minimum Gasteiger partial charge on any atom is -0.488 e. The van der Waals surface area contributed by atoms with E-state index in [0.717, 1.165) is 18.1 Å². The van der Waals surface area contributed by atoms with Gasteiger partial charge in [0, 0.05) is 6.42 Å². The summed E-state index contributed by atoms with van der Waals surface area (Å²) in [7, 11) is 0. The van der Waals surface area contributed by atoms with Crippen molar-refractivity contribution in [3.8, 4) is 5.75 Å². The van der Waals surface area contributed by atoms with Gasteiger partial charge in [0.1, 0.15) is 11.9 Å². The first kappa shape index (κ1) is 12.9. The fraction of sp³-hybridized carbons (Fsp3) is 0.625. The molecule has 2 aliphatic rings. The van der Waals surface area contributed by atoms with Crippen molar-refractivity contribution in [2.75, 3.05) is 0 Å². The summed E-state index contributed by atoms with van der Waals surface area (Å²) in [5.74, 6) is 8.39. The largest absolute Gasteiger partial charge is 0.488 e. The van der Waals surface area contributed by atoms with Crippen molar-refractivity contribution in [1.82, 2.24) is 5.43 Å². The maximum atomic E-state index is 6.10. The average molecular weight is 260 g/mol. The van der Waals surface area contributed by atoms with Crippen molar-refractivity contribution in [1.29, 1.82) is 0 Å². The smallest absolute Gasteiger partial charge is 0.123 e. The highest BCUT2D eigenvalue weighted by atomic mass is 16.5. The number of hydrogen-bond acceptors (Lipinski definition) is 3. The fourth-order valence-corrected chi connectivity index (χ4v) is 3.60. The Labute approximate surface area is 115 Å². The molecule has 3 rings (SSSR count). The van der Waals surface area contributed by atoms with Crippen LogP contribution in [0.25, 0.3) is 0 Å². The van der Waals surface area contributed by atoms with Crippen LogP contribution < -0.4 is 16.0 Å². The highest BCUT2D eigenvalue weighted by Gasteiger charge is 2.36. The maximum Gasteiger partial charge on any atom is 0.123 e. The normalized spacial score (nSPS) is 31.6. The number of rotatable bonds is 3. The van der Waals surface area contributed by atoms with Gasteiger partial charge in [-0.15, -0.1) is 0 Å². The van der Waals surface area contributed by atoms with Crippen LogP contribution in [-0.2, 0) is 6.42 Å². The van der Waals surface area contributed by atoms with E-state index in [4.69, 9.17) is 10.6 Å². The quantitative estimate of drug-likeness (QED) is 0.649. The Morgan fingerprint density at radius 2 is 1.95 bits per heavy atom. The summed E-state index contributed by atoms with van der Waals surface area (Å²) in [6.07, 6.45) is 6.36. The molecule has 2 atom stereocenters. The Morgan fingerprint density at radius 3 is 2.63 bits per heavy atom. The van der Waals surface area contributed by atoms with Crippen molar-refractivity contribution >= 4 is 0 Å². The molecule has 1 aliphatic heterocycles. The Balaban J connectivity index is 1.68. The number of nitrogens with two attached hydrogens (primary N) is 1. The van der Waals surface area contributed by atoms with Crippen LogP contribution in [0.3, 0.4) is 0 Å². The number of para-hydroxylation sites is 1. The molecule has 1 aliphatic carbocycles. The van der Waals surface area contributed by atoms with Gasteiger partial charge in [-0.1, -0.05) is 38.0 Å². The first-order valence-corrected chi connectivity index (χ1v) is 7.48. The SMILES string of the molecule is CC1CCC(C(NN)C2Cc3ccccc3O2)CC1. The van der Waals surface area contributed by atoms with E-state index in [1.807, 2.05) is 6.07 Å². The Kier molecular flexibility index (Phi) is 3.76. The van der Waals surface area contributed by atoms with E-state index >= 15 is 0 Å². The molecule has 0 saturated heterocycles. The zero-order valence-electron chi connectivity index (χ0n) is 11.6. The molecule has 0 aromatic heterocycles. The molecule has 0 spiro atoms. The van der Waals surface area contributed by atoms with Gasteiger partial charge in [0.2, 0.25) is 0 Å². The van der Waals surface area contributed by atoms with Gasteiger partial charge in [-0.25, -0.2) is 0 Å². The molecule has 3 nitrogen and oxygen atoms in total. The van der Waals surface area contributed by atoms with Crippen molar-refractivity contribution in [2.45, 2.75) is 51.2 Å². The van der Waals surface area contributed by atoms with Crippen LogP contribution in [0.2, 0.25) is 0 Å². The Bertz CT molecular complexity index is 402. The fourth-order valence-electron chi connectivity index (χ4n) is 3.60. The van der Waals surface area contributed by atoms with Crippen LogP contribution in [0.4, 0.5) is 0 Å². The Hall–Kier alpha value is -1.06. The molecular formula is C16H24N2O. The van der Waals surface area contributed by atoms with Crippen LogP contribution in [0.1, 0.15) is 38.2 Å². The molecule has 0 amide bonds. The van der Waals surface area contributed by atoms with Gasteiger partial charge in [-0.3, -0.25) is 11.3 Å². The second-order valence-electron chi connectivity index (χ2n) is 6.18. The molecule has 1 saturated carbocycles. The number of hydrazine groups is 1. The number of hydrogen-bond donors (Lipinski definition) is 2. The molecule has 2 unspecified atom stereocenters. The predicted octanol–water partition coefficient (Wildman–Crippen LogP) is 2.65. The Morgan fingerprint density at radius 1 is 1.21 bits per heavy atom. The van der Waals surface area contributed by atoms with E-state index in [2.05, 4.69) is 30.5 Å². The minimum atomic E-state index is 0.195. The van der Waals surface area contributed by atoms with Crippen LogP contribution >= 0.6 is 0 Å². The minimum absolute atomic E-state index is 0.195. The number of benzene rings is 1. The van der Waals surface area contributed by atoms with Gasteiger partial charge in [0.25, 0.3) is 0 Å². The molecule has 1 aromatic carbocycles. The first-order valence-electron chi connectivity index (χ1n) is 7.48. The van der Waals surface area contributed by atoms with Gasteiger partial charge in [-0.2, -0.15) is 0 Å². The summed E-state index contributed by atoms with van der Waals surface area (Å²) >= 11 is 0. The summed E-state index contributed by atoms with van der Waals surface area (Å²) < 4.78 is 6.10.